The van der Waals surface area contributed by atoms with Crippen LogP contribution in [-0.2, 0) is 32.2 Å². The van der Waals surface area contributed by atoms with Crippen LogP contribution in [0.2, 0.25) is 0 Å². The fourth-order valence-corrected chi connectivity index (χ4v) is 3.50. The maximum Gasteiger partial charge on any atom is 0.534 e. The van der Waals surface area contributed by atoms with Crippen molar-refractivity contribution >= 4 is 16.1 Å². The normalized spacial score (nSPS) is 12.5. The van der Waals surface area contributed by atoms with Gasteiger partial charge in [-0.05, 0) is 48.9 Å². The molecule has 0 aliphatic heterocycles. The molecule has 2 aromatic rings. The Morgan fingerprint density at radius 1 is 0.939 bits per heavy atom. The van der Waals surface area contributed by atoms with Crippen LogP contribution < -0.4 is 4.18 Å². The van der Waals surface area contributed by atoms with E-state index < -0.39 is 44.6 Å². The van der Waals surface area contributed by atoms with Crippen molar-refractivity contribution in [3.05, 3.63) is 53.6 Å². The van der Waals surface area contributed by atoms with Crippen molar-refractivity contribution in [2.75, 3.05) is 6.61 Å². The van der Waals surface area contributed by atoms with Gasteiger partial charge in [0.2, 0.25) is 0 Å². The third-order valence-corrected chi connectivity index (χ3v) is 5.41. The Balaban J connectivity index is 2.54. The van der Waals surface area contributed by atoms with Crippen molar-refractivity contribution in [3.8, 4) is 16.9 Å². The minimum absolute atomic E-state index is 0.0383. The highest BCUT2D eigenvalue weighted by molar-refractivity contribution is 7.88. The van der Waals surface area contributed by atoms with Crippen LogP contribution in [0.15, 0.2) is 42.5 Å². The summed E-state index contributed by atoms with van der Waals surface area (Å²) in [6, 6.07) is 9.46. The van der Waals surface area contributed by atoms with E-state index in [4.69, 9.17) is 4.74 Å². The molecule has 5 nitrogen and oxygen atoms in total. The fraction of sp³-hybridized carbons (Fsp3) is 0.381. The molecule has 182 valence electrons. The van der Waals surface area contributed by atoms with Gasteiger partial charge in [-0.25, -0.2) is 0 Å². The van der Waals surface area contributed by atoms with E-state index in [1.165, 1.54) is 12.1 Å². The van der Waals surface area contributed by atoms with E-state index in [2.05, 4.69) is 4.18 Å². The molecule has 0 saturated heterocycles. The van der Waals surface area contributed by atoms with E-state index in [0.29, 0.717) is 11.6 Å². The summed E-state index contributed by atoms with van der Waals surface area (Å²) in [4.78, 5) is 11.4. The van der Waals surface area contributed by atoms with Crippen LogP contribution in [0.5, 0.6) is 5.75 Å². The summed E-state index contributed by atoms with van der Waals surface area (Å²) in [6.07, 6.45) is -5.34. The zero-order valence-electron chi connectivity index (χ0n) is 17.3. The van der Waals surface area contributed by atoms with Gasteiger partial charge in [-0.2, -0.15) is 34.8 Å². The molecule has 0 aliphatic rings. The van der Waals surface area contributed by atoms with Crippen LogP contribution in [0.4, 0.5) is 26.3 Å². The maximum atomic E-state index is 13.8. The second-order valence-corrected chi connectivity index (χ2v) is 8.41. The zero-order valence-corrected chi connectivity index (χ0v) is 18.1. The van der Waals surface area contributed by atoms with Crippen molar-refractivity contribution < 1.29 is 48.5 Å². The molecule has 0 aromatic heterocycles. The number of unbranched alkanes of at least 4 members (excludes halogenated alkanes) is 1. The number of carbonyl (C=O) groups excluding carboxylic acids is 1. The second kappa shape index (κ2) is 10.4. The zero-order chi connectivity index (χ0) is 24.9. The summed E-state index contributed by atoms with van der Waals surface area (Å²) in [5.41, 5.74) is -7.62. The molecule has 0 unspecified atom stereocenters. The van der Waals surface area contributed by atoms with Gasteiger partial charge in [0, 0.05) is 6.42 Å². The number of alkyl halides is 6. The molecule has 0 radical (unpaired) electrons. The van der Waals surface area contributed by atoms with Crippen molar-refractivity contribution in [1.29, 1.82) is 0 Å². The minimum Gasteiger partial charge on any atom is -0.466 e. The predicted octanol–water partition coefficient (Wildman–Crippen LogP) is 5.88. The van der Waals surface area contributed by atoms with E-state index >= 15 is 0 Å². The van der Waals surface area contributed by atoms with Crippen LogP contribution in [0.3, 0.4) is 0 Å². The molecule has 12 heteroatoms. The first-order valence-corrected chi connectivity index (χ1v) is 11.1. The third-order valence-electron chi connectivity index (χ3n) is 4.44. The molecule has 0 N–H and O–H groups in total. The van der Waals surface area contributed by atoms with Crippen molar-refractivity contribution in [2.45, 2.75) is 44.3 Å². The lowest BCUT2D eigenvalue weighted by atomic mass is 9.94. The van der Waals surface area contributed by atoms with Gasteiger partial charge in [-0.15, -0.1) is 0 Å². The summed E-state index contributed by atoms with van der Waals surface area (Å²) in [7, 11) is -6.35. The van der Waals surface area contributed by atoms with E-state index in [0.717, 1.165) is 6.07 Å². The summed E-state index contributed by atoms with van der Waals surface area (Å²) in [6.45, 7) is 1.74. The Kier molecular flexibility index (Phi) is 8.39. The minimum atomic E-state index is -6.35. The standard InChI is InChI=1S/C21H20F6O5S/c1-2-31-18(28)11-7-6-10-15-12-16(14-8-4-3-5-9-14)13-17(19(15)20(22,23)24)32-33(29,30)21(25,26)27/h3-5,8-9,12-13H,2,6-7,10-11H2,1H3. The van der Waals surface area contributed by atoms with Crippen LogP contribution in [0, 0.1) is 0 Å². The van der Waals surface area contributed by atoms with Gasteiger partial charge in [0.25, 0.3) is 0 Å². The highest BCUT2D eigenvalue weighted by Gasteiger charge is 2.50. The SMILES string of the molecule is CCOC(=O)CCCCc1cc(-c2ccccc2)cc(OS(=O)(=O)C(F)(F)F)c1C(F)(F)F. The maximum absolute atomic E-state index is 13.8. The second-order valence-electron chi connectivity index (χ2n) is 6.87. The first-order valence-electron chi connectivity index (χ1n) is 9.72. The summed E-state index contributed by atoms with van der Waals surface area (Å²) in [5, 5.41) is 0. The molecule has 2 aromatic carbocycles. The average molecular weight is 498 g/mol. The highest BCUT2D eigenvalue weighted by atomic mass is 32.2. The van der Waals surface area contributed by atoms with Crippen LogP contribution in [-0.4, -0.2) is 26.5 Å². The quantitative estimate of drug-likeness (QED) is 0.142. The van der Waals surface area contributed by atoms with Gasteiger partial charge >= 0.3 is 27.8 Å². The average Bonchev–Trinajstić information content (AvgIpc) is 2.69. The predicted molar refractivity (Wildman–Crippen MR) is 107 cm³/mol. The number of rotatable bonds is 9. The molecule has 0 heterocycles. The summed E-state index contributed by atoms with van der Waals surface area (Å²) < 4.78 is 112. The van der Waals surface area contributed by atoms with Crippen LogP contribution in [0.1, 0.15) is 37.3 Å². The Morgan fingerprint density at radius 2 is 1.58 bits per heavy atom. The highest BCUT2D eigenvalue weighted by Crippen LogP contribution is 2.43. The Hall–Kier alpha value is -2.76. The van der Waals surface area contributed by atoms with Gasteiger partial charge in [0.15, 0.2) is 5.75 Å². The number of carbonyl (C=O) groups is 1. The molecule has 0 amide bonds. The van der Waals surface area contributed by atoms with E-state index in [1.807, 2.05) is 0 Å². The van der Waals surface area contributed by atoms with E-state index in [-0.39, 0.29) is 37.9 Å². The van der Waals surface area contributed by atoms with Crippen molar-refractivity contribution in [2.24, 2.45) is 0 Å². The van der Waals surface area contributed by atoms with Crippen LogP contribution >= 0.6 is 0 Å². The largest absolute Gasteiger partial charge is 0.534 e. The summed E-state index contributed by atoms with van der Waals surface area (Å²) in [5.74, 6) is -2.01. The lowest BCUT2D eigenvalue weighted by molar-refractivity contribution is -0.143. The molecule has 2 rings (SSSR count). The van der Waals surface area contributed by atoms with E-state index in [1.54, 1.807) is 25.1 Å². The van der Waals surface area contributed by atoms with Crippen molar-refractivity contribution in [3.63, 3.8) is 0 Å². The van der Waals surface area contributed by atoms with Gasteiger partial charge in [-0.1, -0.05) is 36.4 Å². The van der Waals surface area contributed by atoms with Crippen LogP contribution in [0.25, 0.3) is 11.1 Å². The number of benzene rings is 2. The molecular formula is C21H20F6O5S. The fourth-order valence-electron chi connectivity index (χ4n) is 3.04. The monoisotopic (exact) mass is 498 g/mol. The molecule has 33 heavy (non-hydrogen) atoms. The number of hydrogen-bond donors (Lipinski definition) is 0. The Bertz CT molecular complexity index is 1060. The first-order chi connectivity index (χ1) is 15.3. The molecule has 0 bridgehead atoms. The molecule has 0 aliphatic carbocycles. The lowest BCUT2D eigenvalue weighted by Gasteiger charge is -2.20. The Morgan fingerprint density at radius 3 is 2.12 bits per heavy atom. The first kappa shape index (κ1) is 26.5. The van der Waals surface area contributed by atoms with Crippen molar-refractivity contribution in [1.82, 2.24) is 0 Å². The molecule has 0 saturated carbocycles. The smallest absolute Gasteiger partial charge is 0.466 e. The number of ether oxygens (including phenoxy) is 1. The Labute approximate surface area is 186 Å². The molecular weight excluding hydrogens is 478 g/mol. The number of halogens is 6. The molecule has 0 spiro atoms. The lowest BCUT2D eigenvalue weighted by Crippen LogP contribution is -2.29. The third kappa shape index (κ3) is 7.11. The van der Waals surface area contributed by atoms with Gasteiger partial charge in [0.1, 0.15) is 5.56 Å². The molecule has 0 fully saturated rings. The van der Waals surface area contributed by atoms with Gasteiger partial charge in [-0.3, -0.25) is 4.79 Å². The van der Waals surface area contributed by atoms with Gasteiger partial charge in [0.05, 0.1) is 6.61 Å². The van der Waals surface area contributed by atoms with Gasteiger partial charge < -0.3 is 8.92 Å². The number of esters is 1. The van der Waals surface area contributed by atoms with E-state index in [9.17, 15) is 39.6 Å². The number of aryl methyl sites for hydroxylation is 1. The molecule has 0 atom stereocenters. The summed E-state index contributed by atoms with van der Waals surface area (Å²) >= 11 is 0. The number of hydrogen-bond acceptors (Lipinski definition) is 5. The topological polar surface area (TPSA) is 69.7 Å².